The Bertz CT molecular complexity index is 842. The number of amides is 1. The van der Waals surface area contributed by atoms with E-state index in [0.717, 1.165) is 5.69 Å². The third-order valence-corrected chi connectivity index (χ3v) is 3.76. The number of rotatable bonds is 7. The second kappa shape index (κ2) is 9.23. The van der Waals surface area contributed by atoms with Crippen LogP contribution in [-0.2, 0) is 4.79 Å². The second-order valence-corrected chi connectivity index (χ2v) is 6.10. The molecule has 0 saturated heterocycles. The van der Waals surface area contributed by atoms with Gasteiger partial charge in [0.05, 0.1) is 18.5 Å². The minimum atomic E-state index is -2.95. The summed E-state index contributed by atoms with van der Waals surface area (Å²) in [5.74, 6) is -0.307. The molecule has 0 saturated carbocycles. The van der Waals surface area contributed by atoms with Gasteiger partial charge in [-0.15, -0.1) is 0 Å². The van der Waals surface area contributed by atoms with E-state index in [1.54, 1.807) is 18.2 Å². The molecular formula is C19H19ClF2N2O3. The Morgan fingerprint density at radius 1 is 1.19 bits per heavy atom. The van der Waals surface area contributed by atoms with Gasteiger partial charge >= 0.3 is 6.61 Å². The number of alkyl halides is 2. The number of carbonyl (C=O) groups is 1. The molecule has 1 N–H and O–H groups in total. The summed E-state index contributed by atoms with van der Waals surface area (Å²) in [7, 11) is 5.05. The Balaban J connectivity index is 2.14. The molecule has 2 aromatic carbocycles. The number of benzene rings is 2. The first kappa shape index (κ1) is 20.5. The normalized spacial score (nSPS) is 10.9. The summed E-state index contributed by atoms with van der Waals surface area (Å²) in [6.45, 7) is -2.95. The standard InChI is InChI=1S/C19H19ClF2N2O3/c1-24(2)15-7-6-13(20)11-14(15)23-18(25)9-5-12-4-8-16(27-19(21)22)17(10-12)26-3/h4-11,19H,1-3H3,(H,23,25)/b9-5+. The molecule has 1 amide bonds. The molecule has 0 aliphatic carbocycles. The number of anilines is 2. The van der Waals surface area contributed by atoms with E-state index < -0.39 is 6.61 Å². The fraction of sp³-hybridized carbons (Fsp3) is 0.211. The molecule has 0 heterocycles. The molecule has 0 atom stereocenters. The number of nitrogens with zero attached hydrogens (tertiary/aromatic N) is 1. The quantitative estimate of drug-likeness (QED) is 0.691. The van der Waals surface area contributed by atoms with Gasteiger partial charge in [0.15, 0.2) is 11.5 Å². The van der Waals surface area contributed by atoms with Crippen molar-refractivity contribution in [1.82, 2.24) is 0 Å². The molecule has 0 unspecified atom stereocenters. The first-order chi connectivity index (χ1) is 12.8. The number of hydrogen-bond acceptors (Lipinski definition) is 4. The van der Waals surface area contributed by atoms with Crippen molar-refractivity contribution in [3.05, 3.63) is 53.1 Å². The van der Waals surface area contributed by atoms with Crippen LogP contribution in [0.2, 0.25) is 5.02 Å². The third-order valence-electron chi connectivity index (χ3n) is 3.53. The van der Waals surface area contributed by atoms with Crippen LogP contribution in [0.5, 0.6) is 11.5 Å². The lowest BCUT2D eigenvalue weighted by Gasteiger charge is -2.17. The highest BCUT2D eigenvalue weighted by atomic mass is 35.5. The van der Waals surface area contributed by atoms with Crippen molar-refractivity contribution >= 4 is 35.0 Å². The smallest absolute Gasteiger partial charge is 0.387 e. The van der Waals surface area contributed by atoms with Gasteiger partial charge in [0.2, 0.25) is 5.91 Å². The van der Waals surface area contributed by atoms with Gasteiger partial charge in [-0.25, -0.2) is 0 Å². The van der Waals surface area contributed by atoms with E-state index in [2.05, 4.69) is 10.1 Å². The van der Waals surface area contributed by atoms with Crippen molar-refractivity contribution < 1.29 is 23.0 Å². The van der Waals surface area contributed by atoms with Crippen molar-refractivity contribution in [2.24, 2.45) is 0 Å². The van der Waals surface area contributed by atoms with Crippen LogP contribution in [-0.4, -0.2) is 33.7 Å². The minimum absolute atomic E-state index is 0.0800. The fourth-order valence-corrected chi connectivity index (χ4v) is 2.50. The SMILES string of the molecule is COc1cc(/C=C/C(=O)Nc2cc(Cl)ccc2N(C)C)ccc1OC(F)F. The van der Waals surface area contributed by atoms with Crippen molar-refractivity contribution in [3.63, 3.8) is 0 Å². The maximum atomic E-state index is 12.4. The van der Waals surface area contributed by atoms with Crippen LogP contribution >= 0.6 is 11.6 Å². The molecule has 0 radical (unpaired) electrons. The average Bonchev–Trinajstić information content (AvgIpc) is 2.60. The summed E-state index contributed by atoms with van der Waals surface area (Å²) in [6.07, 6.45) is 2.85. The van der Waals surface area contributed by atoms with Crippen LogP contribution < -0.4 is 19.7 Å². The number of ether oxygens (including phenoxy) is 2. The zero-order chi connectivity index (χ0) is 20.0. The zero-order valence-electron chi connectivity index (χ0n) is 15.0. The minimum Gasteiger partial charge on any atom is -0.493 e. The fourth-order valence-electron chi connectivity index (χ4n) is 2.33. The molecule has 5 nitrogen and oxygen atoms in total. The zero-order valence-corrected chi connectivity index (χ0v) is 15.8. The molecule has 0 aromatic heterocycles. The molecule has 0 fully saturated rings. The van der Waals surface area contributed by atoms with Crippen molar-refractivity contribution in [1.29, 1.82) is 0 Å². The monoisotopic (exact) mass is 396 g/mol. The van der Waals surface area contributed by atoms with E-state index in [0.29, 0.717) is 16.3 Å². The van der Waals surface area contributed by atoms with Crippen LogP contribution in [0.25, 0.3) is 6.08 Å². The van der Waals surface area contributed by atoms with Gasteiger partial charge in [-0.1, -0.05) is 17.7 Å². The first-order valence-electron chi connectivity index (χ1n) is 7.89. The Morgan fingerprint density at radius 3 is 2.56 bits per heavy atom. The van der Waals surface area contributed by atoms with E-state index in [-0.39, 0.29) is 17.4 Å². The van der Waals surface area contributed by atoms with E-state index in [1.807, 2.05) is 19.0 Å². The van der Waals surface area contributed by atoms with Crippen molar-refractivity contribution in [3.8, 4) is 11.5 Å². The summed E-state index contributed by atoms with van der Waals surface area (Å²) in [5.41, 5.74) is 1.96. The Hall–Kier alpha value is -2.80. The van der Waals surface area contributed by atoms with Crippen LogP contribution in [0.3, 0.4) is 0 Å². The van der Waals surface area contributed by atoms with Crippen LogP contribution in [0, 0.1) is 0 Å². The van der Waals surface area contributed by atoms with Gasteiger partial charge in [0, 0.05) is 25.2 Å². The van der Waals surface area contributed by atoms with Crippen LogP contribution in [0.15, 0.2) is 42.5 Å². The lowest BCUT2D eigenvalue weighted by Crippen LogP contribution is -2.15. The Morgan fingerprint density at radius 2 is 1.93 bits per heavy atom. The van der Waals surface area contributed by atoms with E-state index in [9.17, 15) is 13.6 Å². The molecule has 2 aromatic rings. The summed E-state index contributed by atoms with van der Waals surface area (Å²) in [6, 6.07) is 9.57. The number of hydrogen-bond donors (Lipinski definition) is 1. The third kappa shape index (κ3) is 5.86. The van der Waals surface area contributed by atoms with Gasteiger partial charge in [-0.3, -0.25) is 4.79 Å². The van der Waals surface area contributed by atoms with Crippen molar-refractivity contribution in [2.75, 3.05) is 31.4 Å². The van der Waals surface area contributed by atoms with Gasteiger partial charge in [0.1, 0.15) is 0 Å². The molecular weight excluding hydrogens is 378 g/mol. The van der Waals surface area contributed by atoms with Crippen LogP contribution in [0.1, 0.15) is 5.56 Å². The predicted molar refractivity (Wildman–Crippen MR) is 103 cm³/mol. The van der Waals surface area contributed by atoms with Gasteiger partial charge in [0.25, 0.3) is 0 Å². The highest BCUT2D eigenvalue weighted by Gasteiger charge is 2.11. The summed E-state index contributed by atoms with van der Waals surface area (Å²) >= 11 is 6.00. The van der Waals surface area contributed by atoms with Gasteiger partial charge < -0.3 is 19.7 Å². The molecule has 2 rings (SSSR count). The average molecular weight is 397 g/mol. The van der Waals surface area contributed by atoms with Gasteiger partial charge in [-0.2, -0.15) is 8.78 Å². The maximum Gasteiger partial charge on any atom is 0.387 e. The van der Waals surface area contributed by atoms with Gasteiger partial charge in [-0.05, 0) is 42.0 Å². The highest BCUT2D eigenvalue weighted by molar-refractivity contribution is 6.31. The molecule has 27 heavy (non-hydrogen) atoms. The maximum absolute atomic E-state index is 12.4. The molecule has 0 aliphatic heterocycles. The number of methoxy groups -OCH3 is 1. The molecule has 0 bridgehead atoms. The summed E-state index contributed by atoms with van der Waals surface area (Å²) in [4.78, 5) is 14.1. The molecule has 144 valence electrons. The van der Waals surface area contributed by atoms with E-state index >= 15 is 0 Å². The Labute approximate surface area is 161 Å². The number of carbonyl (C=O) groups excluding carboxylic acids is 1. The Kier molecular flexibility index (Phi) is 7.01. The second-order valence-electron chi connectivity index (χ2n) is 5.67. The van der Waals surface area contributed by atoms with E-state index in [4.69, 9.17) is 16.3 Å². The predicted octanol–water partition coefficient (Wildman–Crippen LogP) is 4.67. The molecule has 0 spiro atoms. The van der Waals surface area contributed by atoms with Crippen molar-refractivity contribution in [2.45, 2.75) is 6.61 Å². The number of nitrogens with one attached hydrogen (secondary N) is 1. The van der Waals surface area contributed by atoms with Crippen LogP contribution in [0.4, 0.5) is 20.2 Å². The topological polar surface area (TPSA) is 50.8 Å². The first-order valence-corrected chi connectivity index (χ1v) is 8.26. The highest BCUT2D eigenvalue weighted by Crippen LogP contribution is 2.30. The van der Waals surface area contributed by atoms with E-state index in [1.165, 1.54) is 37.5 Å². The lowest BCUT2D eigenvalue weighted by molar-refractivity contribution is -0.111. The number of halogens is 3. The lowest BCUT2D eigenvalue weighted by atomic mass is 10.2. The summed E-state index contributed by atoms with van der Waals surface area (Å²) < 4.78 is 34.1. The molecule has 8 heteroatoms. The molecule has 0 aliphatic rings. The summed E-state index contributed by atoms with van der Waals surface area (Å²) in [5, 5.41) is 3.26. The largest absolute Gasteiger partial charge is 0.493 e.